The summed E-state index contributed by atoms with van der Waals surface area (Å²) < 4.78 is 1.08. The fourth-order valence-electron chi connectivity index (χ4n) is 2.06. The van der Waals surface area contributed by atoms with E-state index >= 15 is 0 Å². The first kappa shape index (κ1) is 12.8. The van der Waals surface area contributed by atoms with E-state index in [4.69, 9.17) is 0 Å². The molecule has 0 aromatic heterocycles. The second-order valence-corrected chi connectivity index (χ2v) is 5.03. The molecule has 1 aliphatic heterocycles. The highest BCUT2D eigenvalue weighted by atomic mass is 127. The van der Waals surface area contributed by atoms with Crippen molar-refractivity contribution in [3.05, 3.63) is 35.9 Å². The summed E-state index contributed by atoms with van der Waals surface area (Å²) in [6.45, 7) is 2.17. The number of benzene rings is 1. The molecule has 1 aromatic rings. The van der Waals surface area contributed by atoms with Gasteiger partial charge >= 0.3 is 0 Å². The van der Waals surface area contributed by atoms with Crippen LogP contribution >= 0.6 is 22.6 Å². The van der Waals surface area contributed by atoms with Gasteiger partial charge in [-0.3, -0.25) is 9.69 Å². The first-order valence-corrected chi connectivity index (χ1v) is 7.46. The van der Waals surface area contributed by atoms with Gasteiger partial charge in [-0.2, -0.15) is 0 Å². The molecule has 1 heterocycles. The second-order valence-electron chi connectivity index (χ2n) is 4.35. The predicted molar refractivity (Wildman–Crippen MR) is 77.4 cm³/mol. The smallest absolute Gasteiger partial charge is 0.251 e. The molecule has 0 unspecified atom stereocenters. The molecule has 1 fully saturated rings. The van der Waals surface area contributed by atoms with E-state index in [9.17, 15) is 4.79 Å². The van der Waals surface area contributed by atoms with Crippen LogP contribution in [-0.2, 0) is 0 Å². The van der Waals surface area contributed by atoms with Crippen molar-refractivity contribution in [3.63, 3.8) is 0 Å². The molecule has 0 saturated carbocycles. The van der Waals surface area contributed by atoms with E-state index in [1.807, 2.05) is 30.3 Å². The molecule has 3 nitrogen and oxygen atoms in total. The second kappa shape index (κ2) is 6.35. The maximum absolute atomic E-state index is 11.9. The van der Waals surface area contributed by atoms with Crippen LogP contribution in [0.4, 0.5) is 0 Å². The lowest BCUT2D eigenvalue weighted by Gasteiger charge is -2.30. The highest BCUT2D eigenvalue weighted by molar-refractivity contribution is 14.1. The number of hydrogen-bond donors (Lipinski definition) is 1. The van der Waals surface area contributed by atoms with Crippen LogP contribution in [0.5, 0.6) is 0 Å². The van der Waals surface area contributed by atoms with Gasteiger partial charge in [-0.25, -0.2) is 0 Å². The minimum atomic E-state index is 0.0542. The van der Waals surface area contributed by atoms with Gasteiger partial charge in [0.2, 0.25) is 0 Å². The molecule has 4 heteroatoms. The van der Waals surface area contributed by atoms with Crippen molar-refractivity contribution < 1.29 is 4.79 Å². The number of halogens is 1. The Labute approximate surface area is 116 Å². The van der Waals surface area contributed by atoms with Crippen LogP contribution in [0.25, 0.3) is 0 Å². The minimum absolute atomic E-state index is 0.0542. The normalized spacial score (nSPS) is 17.9. The zero-order valence-electron chi connectivity index (χ0n) is 9.73. The standard InChI is InChI=1S/C13H17IN2O/c14-10-16-8-6-12(7-9-16)15-13(17)11-4-2-1-3-5-11/h1-5,12H,6-10H2,(H,15,17). The van der Waals surface area contributed by atoms with E-state index in [1.165, 1.54) is 0 Å². The molecule has 1 amide bonds. The summed E-state index contributed by atoms with van der Waals surface area (Å²) >= 11 is 2.39. The molecule has 17 heavy (non-hydrogen) atoms. The lowest BCUT2D eigenvalue weighted by atomic mass is 10.0. The molecular formula is C13H17IN2O. The third-order valence-electron chi connectivity index (χ3n) is 3.13. The van der Waals surface area contributed by atoms with Crippen LogP contribution in [0.3, 0.4) is 0 Å². The van der Waals surface area contributed by atoms with Gasteiger partial charge in [0.25, 0.3) is 5.91 Å². The molecule has 0 bridgehead atoms. The van der Waals surface area contributed by atoms with E-state index in [1.54, 1.807) is 0 Å². The Kier molecular flexibility index (Phi) is 4.79. The first-order valence-electron chi connectivity index (χ1n) is 5.94. The Hall–Kier alpha value is -0.620. The number of alkyl halides is 1. The van der Waals surface area contributed by atoms with Gasteiger partial charge in [0.1, 0.15) is 0 Å². The maximum atomic E-state index is 11.9. The highest BCUT2D eigenvalue weighted by Gasteiger charge is 2.20. The number of hydrogen-bond acceptors (Lipinski definition) is 2. The van der Waals surface area contributed by atoms with Crippen molar-refractivity contribution >= 4 is 28.5 Å². The van der Waals surface area contributed by atoms with Crippen molar-refractivity contribution in [3.8, 4) is 0 Å². The predicted octanol–water partition coefficient (Wildman–Crippen LogP) is 2.27. The van der Waals surface area contributed by atoms with E-state index in [0.717, 1.165) is 36.0 Å². The van der Waals surface area contributed by atoms with Gasteiger partial charge in [0.15, 0.2) is 0 Å². The lowest BCUT2D eigenvalue weighted by Crippen LogP contribution is -2.44. The van der Waals surface area contributed by atoms with E-state index in [0.29, 0.717) is 6.04 Å². The largest absolute Gasteiger partial charge is 0.349 e. The summed E-state index contributed by atoms with van der Waals surface area (Å²) in [6.07, 6.45) is 2.11. The molecule has 0 spiro atoms. The number of piperidine rings is 1. The maximum Gasteiger partial charge on any atom is 0.251 e. The quantitative estimate of drug-likeness (QED) is 0.518. The zero-order valence-corrected chi connectivity index (χ0v) is 11.9. The fraction of sp³-hybridized carbons (Fsp3) is 0.462. The molecule has 1 saturated heterocycles. The van der Waals surface area contributed by atoms with Crippen molar-refractivity contribution in [2.24, 2.45) is 0 Å². The number of nitrogens with one attached hydrogen (secondary N) is 1. The van der Waals surface area contributed by atoms with Crippen LogP contribution in [0.1, 0.15) is 23.2 Å². The average molecular weight is 344 g/mol. The van der Waals surface area contributed by atoms with Crippen LogP contribution < -0.4 is 5.32 Å². The number of amides is 1. The van der Waals surface area contributed by atoms with Crippen LogP contribution in [0.2, 0.25) is 0 Å². The molecule has 1 aromatic carbocycles. The van der Waals surface area contributed by atoms with Gasteiger partial charge in [0.05, 0.1) is 4.55 Å². The summed E-state index contributed by atoms with van der Waals surface area (Å²) in [5.41, 5.74) is 0.754. The van der Waals surface area contributed by atoms with Gasteiger partial charge in [0, 0.05) is 24.7 Å². The summed E-state index contributed by atoms with van der Waals surface area (Å²) in [4.78, 5) is 14.3. The Morgan fingerprint density at radius 3 is 2.53 bits per heavy atom. The van der Waals surface area contributed by atoms with E-state index < -0.39 is 0 Å². The molecular weight excluding hydrogens is 327 g/mol. The Morgan fingerprint density at radius 2 is 1.94 bits per heavy atom. The van der Waals surface area contributed by atoms with Crippen molar-refractivity contribution in [2.45, 2.75) is 18.9 Å². The number of nitrogens with zero attached hydrogens (tertiary/aromatic N) is 1. The van der Waals surface area contributed by atoms with Gasteiger partial charge in [-0.05, 0) is 25.0 Å². The van der Waals surface area contributed by atoms with Gasteiger partial charge in [-0.1, -0.05) is 40.8 Å². The number of likely N-dealkylation sites (tertiary alicyclic amines) is 1. The summed E-state index contributed by atoms with van der Waals surface area (Å²) in [7, 11) is 0. The molecule has 1 aliphatic rings. The van der Waals surface area contributed by atoms with Crippen LogP contribution in [0.15, 0.2) is 30.3 Å². The monoisotopic (exact) mass is 344 g/mol. The summed E-state index contributed by atoms with van der Waals surface area (Å²) in [5, 5.41) is 3.11. The molecule has 0 atom stereocenters. The first-order chi connectivity index (χ1) is 8.29. The Morgan fingerprint density at radius 1 is 1.29 bits per heavy atom. The SMILES string of the molecule is O=C(NC1CCN(CI)CC1)c1ccccc1. The van der Waals surface area contributed by atoms with Crippen molar-refractivity contribution in [2.75, 3.05) is 17.6 Å². The van der Waals surface area contributed by atoms with E-state index in [2.05, 4.69) is 32.8 Å². The summed E-state index contributed by atoms with van der Waals surface area (Å²) in [5.74, 6) is 0.0542. The molecule has 92 valence electrons. The number of carbonyl (C=O) groups excluding carboxylic acids is 1. The number of carbonyl (C=O) groups is 1. The Bertz CT molecular complexity index is 361. The van der Waals surface area contributed by atoms with Crippen LogP contribution in [-0.4, -0.2) is 34.5 Å². The third-order valence-corrected chi connectivity index (χ3v) is 4.09. The average Bonchev–Trinajstić information content (AvgIpc) is 2.40. The van der Waals surface area contributed by atoms with Crippen molar-refractivity contribution in [1.82, 2.24) is 10.2 Å². The Balaban J connectivity index is 1.84. The van der Waals surface area contributed by atoms with Crippen molar-refractivity contribution in [1.29, 1.82) is 0 Å². The molecule has 0 radical (unpaired) electrons. The number of rotatable bonds is 3. The minimum Gasteiger partial charge on any atom is -0.349 e. The fourth-order valence-corrected chi connectivity index (χ4v) is 2.74. The molecule has 2 rings (SSSR count). The van der Waals surface area contributed by atoms with Crippen LogP contribution in [0, 0.1) is 0 Å². The topological polar surface area (TPSA) is 32.3 Å². The zero-order chi connectivity index (χ0) is 12.1. The van der Waals surface area contributed by atoms with Gasteiger partial charge < -0.3 is 5.32 Å². The highest BCUT2D eigenvalue weighted by Crippen LogP contribution is 2.12. The third kappa shape index (κ3) is 3.67. The molecule has 1 N–H and O–H groups in total. The van der Waals surface area contributed by atoms with E-state index in [-0.39, 0.29) is 5.91 Å². The lowest BCUT2D eigenvalue weighted by molar-refractivity contribution is 0.0916. The molecule has 0 aliphatic carbocycles. The summed E-state index contributed by atoms with van der Waals surface area (Å²) in [6, 6.07) is 9.77. The van der Waals surface area contributed by atoms with Gasteiger partial charge in [-0.15, -0.1) is 0 Å².